The van der Waals surface area contributed by atoms with Crippen LogP contribution in [-0.2, 0) is 6.54 Å². The molecular weight excluding hydrogens is 338 g/mol. The second kappa shape index (κ2) is 7.66. The zero-order valence-corrected chi connectivity index (χ0v) is 14.5. The average molecular weight is 355 g/mol. The molecule has 0 saturated heterocycles. The van der Waals surface area contributed by atoms with Crippen LogP contribution in [0.15, 0.2) is 85.2 Å². The lowest BCUT2D eigenvalue weighted by Gasteiger charge is -2.07. The molecule has 0 bridgehead atoms. The van der Waals surface area contributed by atoms with Crippen molar-refractivity contribution in [2.24, 2.45) is 0 Å². The van der Waals surface area contributed by atoms with Gasteiger partial charge in [-0.25, -0.2) is 4.98 Å². The average Bonchev–Trinajstić information content (AvgIpc) is 2.73. The van der Waals surface area contributed by atoms with Gasteiger partial charge in [-0.3, -0.25) is 9.78 Å². The van der Waals surface area contributed by atoms with Crippen LogP contribution >= 0.6 is 0 Å². The number of pyridine rings is 2. The van der Waals surface area contributed by atoms with Crippen molar-refractivity contribution < 1.29 is 9.53 Å². The molecule has 2 aromatic heterocycles. The summed E-state index contributed by atoms with van der Waals surface area (Å²) in [5.74, 6) is 1.07. The van der Waals surface area contributed by atoms with E-state index >= 15 is 0 Å². The summed E-state index contributed by atoms with van der Waals surface area (Å²) >= 11 is 0. The van der Waals surface area contributed by atoms with Gasteiger partial charge in [-0.1, -0.05) is 42.5 Å². The van der Waals surface area contributed by atoms with Crippen LogP contribution in [0.25, 0.3) is 10.9 Å². The molecule has 4 aromatic rings. The van der Waals surface area contributed by atoms with Crippen molar-refractivity contribution in [1.29, 1.82) is 0 Å². The number of hydrogen-bond donors (Lipinski definition) is 1. The number of carbonyl (C=O) groups excluding carboxylic acids is 1. The summed E-state index contributed by atoms with van der Waals surface area (Å²) in [7, 11) is 0. The normalized spacial score (nSPS) is 10.5. The molecule has 1 amide bonds. The first-order valence-corrected chi connectivity index (χ1v) is 8.59. The number of para-hydroxylation sites is 2. The van der Waals surface area contributed by atoms with Crippen LogP contribution in [-0.4, -0.2) is 15.9 Å². The second-order valence-corrected chi connectivity index (χ2v) is 6.02. The summed E-state index contributed by atoms with van der Waals surface area (Å²) in [6.07, 6.45) is 3.28. The van der Waals surface area contributed by atoms with E-state index in [1.807, 2.05) is 66.7 Å². The molecule has 0 unspecified atom stereocenters. The van der Waals surface area contributed by atoms with E-state index in [1.54, 1.807) is 18.5 Å². The first-order valence-electron chi connectivity index (χ1n) is 8.59. The molecule has 4 rings (SSSR count). The highest BCUT2D eigenvalue weighted by Gasteiger charge is 2.07. The Balaban J connectivity index is 1.38. The molecule has 0 radical (unpaired) electrons. The third kappa shape index (κ3) is 4.10. The maximum Gasteiger partial charge on any atom is 0.253 e. The molecule has 1 N–H and O–H groups in total. The molecule has 5 nitrogen and oxygen atoms in total. The number of fused-ring (bicyclic) bond motifs is 1. The fourth-order valence-electron chi connectivity index (χ4n) is 2.66. The molecule has 0 saturated carbocycles. The Bertz CT molecular complexity index is 1060. The van der Waals surface area contributed by atoms with E-state index < -0.39 is 0 Å². The largest absolute Gasteiger partial charge is 0.439 e. The van der Waals surface area contributed by atoms with Gasteiger partial charge in [-0.2, -0.15) is 0 Å². The zero-order valence-electron chi connectivity index (χ0n) is 14.5. The van der Waals surface area contributed by atoms with Crippen molar-refractivity contribution in [3.8, 4) is 11.6 Å². The summed E-state index contributed by atoms with van der Waals surface area (Å²) in [5.41, 5.74) is 2.29. The SMILES string of the molecule is O=C(NCc1ccc(Oc2ccccc2)nc1)c1cnc2ccccc2c1. The van der Waals surface area contributed by atoms with Crippen molar-refractivity contribution in [1.82, 2.24) is 15.3 Å². The van der Waals surface area contributed by atoms with Crippen LogP contribution < -0.4 is 10.1 Å². The number of benzene rings is 2. The van der Waals surface area contributed by atoms with Gasteiger partial charge in [0, 0.05) is 30.4 Å². The van der Waals surface area contributed by atoms with Gasteiger partial charge in [0.25, 0.3) is 5.91 Å². The van der Waals surface area contributed by atoms with Crippen molar-refractivity contribution in [3.63, 3.8) is 0 Å². The molecule has 27 heavy (non-hydrogen) atoms. The number of rotatable bonds is 5. The van der Waals surface area contributed by atoms with Gasteiger partial charge in [-0.05, 0) is 29.8 Å². The fourth-order valence-corrected chi connectivity index (χ4v) is 2.66. The van der Waals surface area contributed by atoms with Gasteiger partial charge in [-0.15, -0.1) is 0 Å². The number of nitrogens with one attached hydrogen (secondary N) is 1. The van der Waals surface area contributed by atoms with Crippen LogP contribution in [0.5, 0.6) is 11.6 Å². The molecule has 0 aliphatic heterocycles. The molecule has 2 heterocycles. The topological polar surface area (TPSA) is 64.1 Å². The standard InChI is InChI=1S/C22H17N3O2/c26-22(18-12-17-6-4-5-9-20(17)23-15-18)25-14-16-10-11-21(24-13-16)27-19-7-2-1-3-8-19/h1-13,15H,14H2,(H,25,26). The van der Waals surface area contributed by atoms with Gasteiger partial charge in [0.05, 0.1) is 11.1 Å². The minimum Gasteiger partial charge on any atom is -0.439 e. The first-order chi connectivity index (χ1) is 13.3. The number of carbonyl (C=O) groups is 1. The maximum atomic E-state index is 12.4. The van der Waals surface area contributed by atoms with Crippen LogP contribution in [0, 0.1) is 0 Å². The van der Waals surface area contributed by atoms with Gasteiger partial charge in [0.2, 0.25) is 5.88 Å². The molecule has 0 aliphatic rings. The number of amides is 1. The van der Waals surface area contributed by atoms with Gasteiger partial charge >= 0.3 is 0 Å². The van der Waals surface area contributed by atoms with Gasteiger partial charge < -0.3 is 10.1 Å². The molecule has 0 aliphatic carbocycles. The second-order valence-electron chi connectivity index (χ2n) is 6.02. The summed E-state index contributed by atoms with van der Waals surface area (Å²) in [4.78, 5) is 21.0. The molecule has 0 atom stereocenters. The smallest absolute Gasteiger partial charge is 0.253 e. The third-order valence-electron chi connectivity index (χ3n) is 4.07. The Kier molecular flexibility index (Phi) is 4.74. The maximum absolute atomic E-state index is 12.4. The fraction of sp³-hybridized carbons (Fsp3) is 0.0455. The van der Waals surface area contributed by atoms with Gasteiger partial charge in [0.15, 0.2) is 0 Å². The van der Waals surface area contributed by atoms with Crippen LogP contribution in [0.4, 0.5) is 0 Å². The number of nitrogens with zero attached hydrogens (tertiary/aromatic N) is 2. The van der Waals surface area contributed by atoms with Crippen LogP contribution in [0.1, 0.15) is 15.9 Å². The number of aromatic nitrogens is 2. The van der Waals surface area contributed by atoms with E-state index in [0.717, 1.165) is 22.2 Å². The van der Waals surface area contributed by atoms with Gasteiger partial charge in [0.1, 0.15) is 5.75 Å². The molecule has 0 spiro atoms. The summed E-state index contributed by atoms with van der Waals surface area (Å²) in [6.45, 7) is 0.379. The predicted molar refractivity (Wildman–Crippen MR) is 104 cm³/mol. The Morgan fingerprint density at radius 3 is 2.52 bits per heavy atom. The van der Waals surface area contributed by atoms with Crippen molar-refractivity contribution in [2.45, 2.75) is 6.54 Å². The van der Waals surface area contributed by atoms with E-state index in [0.29, 0.717) is 18.0 Å². The molecule has 0 fully saturated rings. The quantitative estimate of drug-likeness (QED) is 0.578. The Morgan fingerprint density at radius 2 is 1.70 bits per heavy atom. The number of hydrogen-bond acceptors (Lipinski definition) is 4. The highest BCUT2D eigenvalue weighted by molar-refractivity contribution is 5.97. The molecule has 5 heteroatoms. The summed E-state index contributed by atoms with van der Waals surface area (Å²) in [5, 5.41) is 3.83. The highest BCUT2D eigenvalue weighted by atomic mass is 16.5. The number of ether oxygens (including phenoxy) is 1. The van der Waals surface area contributed by atoms with E-state index in [-0.39, 0.29) is 5.91 Å². The minimum atomic E-state index is -0.169. The van der Waals surface area contributed by atoms with Crippen LogP contribution in [0.2, 0.25) is 0 Å². The summed E-state index contributed by atoms with van der Waals surface area (Å²) < 4.78 is 5.66. The Hall–Kier alpha value is -3.73. The molecule has 132 valence electrons. The first kappa shape index (κ1) is 16.7. The van der Waals surface area contributed by atoms with E-state index in [9.17, 15) is 4.79 Å². The highest BCUT2D eigenvalue weighted by Crippen LogP contribution is 2.18. The van der Waals surface area contributed by atoms with E-state index in [4.69, 9.17) is 4.74 Å². The van der Waals surface area contributed by atoms with Crippen molar-refractivity contribution in [3.05, 3.63) is 96.3 Å². The third-order valence-corrected chi connectivity index (χ3v) is 4.07. The lowest BCUT2D eigenvalue weighted by Crippen LogP contribution is -2.23. The monoisotopic (exact) mass is 355 g/mol. The Labute approximate surface area is 156 Å². The molecule has 2 aromatic carbocycles. The van der Waals surface area contributed by atoms with E-state index in [2.05, 4.69) is 15.3 Å². The Morgan fingerprint density at radius 1 is 0.889 bits per heavy atom. The van der Waals surface area contributed by atoms with Crippen molar-refractivity contribution >= 4 is 16.8 Å². The molecular formula is C22H17N3O2. The van der Waals surface area contributed by atoms with E-state index in [1.165, 1.54) is 0 Å². The zero-order chi connectivity index (χ0) is 18.5. The van der Waals surface area contributed by atoms with Crippen LogP contribution in [0.3, 0.4) is 0 Å². The summed E-state index contributed by atoms with van der Waals surface area (Å²) in [6, 6.07) is 22.7. The minimum absolute atomic E-state index is 0.169. The van der Waals surface area contributed by atoms with Crippen molar-refractivity contribution in [2.75, 3.05) is 0 Å². The predicted octanol–water partition coefficient (Wildman–Crippen LogP) is 4.35. The lowest BCUT2D eigenvalue weighted by molar-refractivity contribution is 0.0950. The lowest BCUT2D eigenvalue weighted by atomic mass is 10.1.